The third kappa shape index (κ3) is 4.88. The highest BCUT2D eigenvalue weighted by atomic mass is 16.5. The van der Waals surface area contributed by atoms with Crippen LogP contribution >= 0.6 is 0 Å². The number of esters is 1. The van der Waals surface area contributed by atoms with Gasteiger partial charge in [0.25, 0.3) is 0 Å². The second-order valence-electron chi connectivity index (χ2n) is 7.45. The number of ether oxygens (including phenoxy) is 2. The first-order valence-electron chi connectivity index (χ1n) is 10.3. The lowest BCUT2D eigenvalue weighted by atomic mass is 9.97. The van der Waals surface area contributed by atoms with Crippen LogP contribution in [0.1, 0.15) is 39.5 Å². The van der Waals surface area contributed by atoms with E-state index in [1.165, 1.54) is 19.4 Å². The van der Waals surface area contributed by atoms with Gasteiger partial charge in [0.2, 0.25) is 0 Å². The fraction of sp³-hybridized carbons (Fsp3) is 0.895. The maximum absolute atomic E-state index is 11.9. The van der Waals surface area contributed by atoms with Crippen LogP contribution in [-0.2, 0) is 14.3 Å². The van der Waals surface area contributed by atoms with Crippen LogP contribution in [0.5, 0.6) is 0 Å². The molecule has 3 fully saturated rings. The van der Waals surface area contributed by atoms with Gasteiger partial charge in [-0.3, -0.25) is 14.7 Å². The molecule has 0 aliphatic carbocycles. The minimum atomic E-state index is -0.0511. The smallest absolute Gasteiger partial charge is 0.309 e. The number of likely N-dealkylation sites (tertiary alicyclic amines) is 1. The van der Waals surface area contributed by atoms with Gasteiger partial charge < -0.3 is 19.7 Å². The molecule has 0 saturated carbocycles. The van der Waals surface area contributed by atoms with E-state index in [2.05, 4.69) is 22.0 Å². The van der Waals surface area contributed by atoms with Gasteiger partial charge in [0.1, 0.15) is 0 Å². The number of nitrogens with one attached hydrogen (secondary N) is 1. The lowest BCUT2D eigenvalue weighted by Gasteiger charge is -2.36. The maximum Gasteiger partial charge on any atom is 0.309 e. The molecule has 0 spiro atoms. The van der Waals surface area contributed by atoms with E-state index in [0.717, 1.165) is 51.6 Å². The van der Waals surface area contributed by atoms with Crippen LogP contribution in [0.3, 0.4) is 0 Å². The summed E-state index contributed by atoms with van der Waals surface area (Å²) in [6.07, 6.45) is 4.42. The van der Waals surface area contributed by atoms with E-state index in [9.17, 15) is 4.79 Å². The summed E-state index contributed by atoms with van der Waals surface area (Å²) in [4.78, 5) is 21.6. The number of nitrogens with zero attached hydrogens (tertiary/aromatic N) is 3. The Morgan fingerprint density at radius 1 is 1.23 bits per heavy atom. The zero-order chi connectivity index (χ0) is 18.4. The summed E-state index contributed by atoms with van der Waals surface area (Å²) in [6.45, 7) is 10.7. The minimum Gasteiger partial charge on any atom is -0.466 e. The van der Waals surface area contributed by atoms with Crippen molar-refractivity contribution in [2.75, 3.05) is 52.5 Å². The molecule has 3 saturated heterocycles. The Labute approximate surface area is 157 Å². The molecule has 0 aromatic carbocycles. The van der Waals surface area contributed by atoms with Gasteiger partial charge >= 0.3 is 5.97 Å². The summed E-state index contributed by atoms with van der Waals surface area (Å²) in [5.74, 6) is 0.926. The number of hydrogen-bond acceptors (Lipinski definition) is 5. The Bertz CT molecular complexity index is 491. The fourth-order valence-corrected chi connectivity index (χ4v) is 4.20. The molecule has 148 valence electrons. The molecule has 0 radical (unpaired) electrons. The molecule has 0 amide bonds. The molecular formula is C19H34N4O3. The van der Waals surface area contributed by atoms with E-state index in [1.807, 2.05) is 6.92 Å². The summed E-state index contributed by atoms with van der Waals surface area (Å²) in [5.41, 5.74) is 0. The summed E-state index contributed by atoms with van der Waals surface area (Å²) >= 11 is 0. The number of carbonyl (C=O) groups is 1. The second kappa shape index (κ2) is 9.55. The van der Waals surface area contributed by atoms with Gasteiger partial charge in [-0.05, 0) is 46.1 Å². The highest BCUT2D eigenvalue weighted by molar-refractivity contribution is 5.80. The zero-order valence-electron chi connectivity index (χ0n) is 16.3. The summed E-state index contributed by atoms with van der Waals surface area (Å²) in [5, 5.41) is 3.40. The van der Waals surface area contributed by atoms with Crippen LogP contribution in [0.25, 0.3) is 0 Å². The van der Waals surface area contributed by atoms with Crippen molar-refractivity contribution in [2.45, 2.75) is 51.7 Å². The van der Waals surface area contributed by atoms with E-state index in [-0.39, 0.29) is 18.0 Å². The lowest BCUT2D eigenvalue weighted by Crippen LogP contribution is -2.49. The van der Waals surface area contributed by atoms with Crippen molar-refractivity contribution in [3.05, 3.63) is 0 Å². The topological polar surface area (TPSA) is 66.4 Å². The van der Waals surface area contributed by atoms with E-state index < -0.39 is 0 Å². The molecule has 3 rings (SSSR count). The van der Waals surface area contributed by atoms with Crippen molar-refractivity contribution < 1.29 is 14.3 Å². The van der Waals surface area contributed by atoms with E-state index >= 15 is 0 Å². The van der Waals surface area contributed by atoms with Gasteiger partial charge in [-0.2, -0.15) is 0 Å². The highest BCUT2D eigenvalue weighted by Crippen LogP contribution is 2.23. The van der Waals surface area contributed by atoms with Gasteiger partial charge in [-0.15, -0.1) is 0 Å². The molecule has 2 atom stereocenters. The average Bonchev–Trinajstić information content (AvgIpc) is 3.13. The fourth-order valence-electron chi connectivity index (χ4n) is 4.20. The molecule has 3 aliphatic rings. The summed E-state index contributed by atoms with van der Waals surface area (Å²) < 4.78 is 11.2. The van der Waals surface area contributed by atoms with Crippen LogP contribution in [-0.4, -0.2) is 86.4 Å². The van der Waals surface area contributed by atoms with Crippen molar-refractivity contribution in [1.29, 1.82) is 0 Å². The summed E-state index contributed by atoms with van der Waals surface area (Å²) in [6, 6.07) is 0.630. The van der Waals surface area contributed by atoms with Gasteiger partial charge in [-0.25, -0.2) is 0 Å². The predicted molar refractivity (Wildman–Crippen MR) is 101 cm³/mol. The zero-order valence-corrected chi connectivity index (χ0v) is 16.3. The molecule has 0 aromatic rings. The largest absolute Gasteiger partial charge is 0.466 e. The van der Waals surface area contributed by atoms with Gasteiger partial charge in [0.05, 0.1) is 31.8 Å². The molecule has 26 heavy (non-hydrogen) atoms. The average molecular weight is 367 g/mol. The molecule has 0 bridgehead atoms. The Morgan fingerprint density at radius 3 is 2.77 bits per heavy atom. The Kier molecular flexibility index (Phi) is 7.14. The third-order valence-electron chi connectivity index (χ3n) is 5.66. The summed E-state index contributed by atoms with van der Waals surface area (Å²) in [7, 11) is 0. The monoisotopic (exact) mass is 366 g/mol. The molecule has 7 nitrogen and oxygen atoms in total. The molecular weight excluding hydrogens is 332 g/mol. The molecule has 1 N–H and O–H groups in total. The van der Waals surface area contributed by atoms with Gasteiger partial charge in [0, 0.05) is 32.2 Å². The minimum absolute atomic E-state index is 0.0304. The lowest BCUT2D eigenvalue weighted by molar-refractivity contribution is -0.149. The Morgan fingerprint density at radius 2 is 2.04 bits per heavy atom. The molecule has 0 aromatic heterocycles. The van der Waals surface area contributed by atoms with Crippen LogP contribution in [0.4, 0.5) is 0 Å². The van der Waals surface area contributed by atoms with E-state index in [4.69, 9.17) is 14.5 Å². The van der Waals surface area contributed by atoms with Gasteiger partial charge in [-0.1, -0.05) is 0 Å². The van der Waals surface area contributed by atoms with Crippen molar-refractivity contribution in [2.24, 2.45) is 10.9 Å². The number of piperidine rings is 1. The molecule has 3 aliphatic heterocycles. The van der Waals surface area contributed by atoms with Crippen LogP contribution in [0.2, 0.25) is 0 Å². The number of fused-ring (bicyclic) bond motifs is 1. The first kappa shape index (κ1) is 19.4. The Hall–Kier alpha value is -1.34. The molecule has 3 heterocycles. The van der Waals surface area contributed by atoms with Crippen molar-refractivity contribution in [3.63, 3.8) is 0 Å². The molecule has 2 unspecified atom stereocenters. The maximum atomic E-state index is 11.9. The third-order valence-corrected chi connectivity index (χ3v) is 5.66. The van der Waals surface area contributed by atoms with Crippen molar-refractivity contribution in [3.8, 4) is 0 Å². The number of carbonyl (C=O) groups excluding carboxylic acids is 1. The number of guanidine groups is 1. The molecule has 7 heteroatoms. The number of rotatable bonds is 5. The van der Waals surface area contributed by atoms with E-state index in [1.54, 1.807) is 0 Å². The van der Waals surface area contributed by atoms with Crippen molar-refractivity contribution in [1.82, 2.24) is 15.1 Å². The SMILES string of the molecule is CCNC(=NCC1CN2CCCC2CO1)N1CCC(C(=O)OCC)CC1. The van der Waals surface area contributed by atoms with Gasteiger partial charge in [0.15, 0.2) is 5.96 Å². The number of hydrogen-bond donors (Lipinski definition) is 1. The standard InChI is InChI=1S/C19H34N4O3/c1-3-20-19(22-10-7-15(8-11-22)18(24)25-4-2)21-12-17-13-23-9-5-6-16(23)14-26-17/h15-17H,3-14H2,1-2H3,(H,20,21). The highest BCUT2D eigenvalue weighted by Gasteiger charge is 2.32. The normalized spacial score (nSPS) is 28.1. The first-order chi connectivity index (χ1) is 12.7. The quantitative estimate of drug-likeness (QED) is 0.446. The second-order valence-corrected chi connectivity index (χ2v) is 7.45. The van der Waals surface area contributed by atoms with Crippen LogP contribution < -0.4 is 5.32 Å². The predicted octanol–water partition coefficient (Wildman–Crippen LogP) is 1.09. The van der Waals surface area contributed by atoms with E-state index in [0.29, 0.717) is 19.2 Å². The first-order valence-corrected chi connectivity index (χ1v) is 10.3. The van der Waals surface area contributed by atoms with Crippen LogP contribution in [0.15, 0.2) is 4.99 Å². The number of morpholine rings is 1. The van der Waals surface area contributed by atoms with Crippen LogP contribution in [0, 0.1) is 5.92 Å². The Balaban J connectivity index is 1.50. The number of aliphatic imine (C=N–C) groups is 1. The van der Waals surface area contributed by atoms with Crippen molar-refractivity contribution >= 4 is 11.9 Å².